The minimum atomic E-state index is -0.141. The molecule has 126 valence electrons. The highest BCUT2D eigenvalue weighted by molar-refractivity contribution is 6.03. The van der Waals surface area contributed by atoms with Crippen molar-refractivity contribution in [1.82, 2.24) is 0 Å². The van der Waals surface area contributed by atoms with Crippen LogP contribution in [-0.4, -0.2) is 12.9 Å². The Morgan fingerprint density at radius 2 is 1.75 bits per heavy atom. The van der Waals surface area contributed by atoms with Gasteiger partial charge in [0.1, 0.15) is 11.3 Å². The van der Waals surface area contributed by atoms with Crippen molar-refractivity contribution in [2.24, 2.45) is 23.2 Å². The predicted octanol–water partition coefficient (Wildman–Crippen LogP) is 5.15. The Labute approximate surface area is 142 Å². The first-order valence-corrected chi connectivity index (χ1v) is 9.20. The molecule has 1 heterocycles. The lowest BCUT2D eigenvalue weighted by molar-refractivity contribution is -0.0364. The zero-order chi connectivity index (χ0) is 16.5. The summed E-state index contributed by atoms with van der Waals surface area (Å²) >= 11 is 0. The molecule has 4 bridgehead atoms. The highest BCUT2D eigenvalue weighted by Crippen LogP contribution is 2.61. The molecule has 2 aromatic rings. The average molecular weight is 324 g/mol. The standard InChI is InChI=1S/C21H24O3/c1-12-17-4-3-16(23-2)8-18(17)24-19(12)20(22)21-9-13-5-14(10-21)7-15(6-13)11-21/h3-4,8,13-15H,5-7,9-11H2,1-2H3. The molecule has 24 heavy (non-hydrogen) atoms. The zero-order valence-electron chi connectivity index (χ0n) is 14.4. The predicted molar refractivity (Wildman–Crippen MR) is 92.4 cm³/mol. The maximum atomic E-state index is 13.5. The van der Waals surface area contributed by atoms with Gasteiger partial charge in [0.25, 0.3) is 0 Å². The van der Waals surface area contributed by atoms with Gasteiger partial charge in [-0.15, -0.1) is 0 Å². The number of Topliss-reactive ketones (excluding diaryl/α,β-unsaturated/α-hetero) is 1. The first kappa shape index (κ1) is 14.6. The molecular weight excluding hydrogens is 300 g/mol. The molecule has 4 saturated carbocycles. The van der Waals surface area contributed by atoms with Crippen molar-refractivity contribution >= 4 is 16.8 Å². The molecule has 6 rings (SSSR count). The van der Waals surface area contributed by atoms with E-state index in [0.717, 1.165) is 59.3 Å². The van der Waals surface area contributed by atoms with Crippen LogP contribution in [0.1, 0.15) is 54.6 Å². The van der Waals surface area contributed by atoms with E-state index in [2.05, 4.69) is 0 Å². The number of benzene rings is 1. The van der Waals surface area contributed by atoms with Crippen molar-refractivity contribution in [3.05, 3.63) is 29.5 Å². The number of methoxy groups -OCH3 is 1. The van der Waals surface area contributed by atoms with Crippen LogP contribution in [0.4, 0.5) is 0 Å². The second-order valence-electron chi connectivity index (χ2n) is 8.45. The van der Waals surface area contributed by atoms with E-state index >= 15 is 0 Å². The maximum absolute atomic E-state index is 13.5. The Morgan fingerprint density at radius 1 is 1.12 bits per heavy atom. The summed E-state index contributed by atoms with van der Waals surface area (Å²) in [6, 6.07) is 5.83. The highest BCUT2D eigenvalue weighted by atomic mass is 16.5. The normalized spacial score (nSPS) is 34.0. The van der Waals surface area contributed by atoms with Crippen LogP contribution in [-0.2, 0) is 0 Å². The smallest absolute Gasteiger partial charge is 0.204 e. The SMILES string of the molecule is COc1ccc2c(C)c(C(=O)C34CC5CC(CC(C5)C3)C4)oc2c1. The number of aryl methyl sites for hydroxylation is 1. The molecule has 0 radical (unpaired) electrons. The number of carbonyl (C=O) groups excluding carboxylic acids is 1. The Hall–Kier alpha value is -1.77. The summed E-state index contributed by atoms with van der Waals surface area (Å²) in [6.45, 7) is 2.02. The third kappa shape index (κ3) is 1.93. The van der Waals surface area contributed by atoms with E-state index in [4.69, 9.17) is 9.15 Å². The third-order valence-corrected chi connectivity index (χ3v) is 6.87. The molecule has 0 amide bonds. The van der Waals surface area contributed by atoms with Crippen molar-refractivity contribution in [1.29, 1.82) is 0 Å². The first-order valence-electron chi connectivity index (χ1n) is 9.20. The summed E-state index contributed by atoms with van der Waals surface area (Å²) in [4.78, 5) is 13.5. The van der Waals surface area contributed by atoms with Crippen LogP contribution >= 0.6 is 0 Å². The molecule has 0 aliphatic heterocycles. The van der Waals surface area contributed by atoms with E-state index in [-0.39, 0.29) is 11.2 Å². The largest absolute Gasteiger partial charge is 0.497 e. The lowest BCUT2D eigenvalue weighted by Crippen LogP contribution is -2.50. The van der Waals surface area contributed by atoms with E-state index in [0.29, 0.717) is 5.76 Å². The molecule has 3 heteroatoms. The van der Waals surface area contributed by atoms with Crippen LogP contribution in [0.3, 0.4) is 0 Å². The molecule has 0 saturated heterocycles. The lowest BCUT2D eigenvalue weighted by Gasteiger charge is -2.55. The third-order valence-electron chi connectivity index (χ3n) is 6.87. The summed E-state index contributed by atoms with van der Waals surface area (Å²) in [5.74, 6) is 3.94. The summed E-state index contributed by atoms with van der Waals surface area (Å²) in [5.41, 5.74) is 1.62. The van der Waals surface area contributed by atoms with Crippen LogP contribution in [0.5, 0.6) is 5.75 Å². The first-order chi connectivity index (χ1) is 11.6. The molecule has 3 nitrogen and oxygen atoms in total. The van der Waals surface area contributed by atoms with E-state index in [1.807, 2.05) is 25.1 Å². The highest BCUT2D eigenvalue weighted by Gasteiger charge is 2.55. The van der Waals surface area contributed by atoms with Gasteiger partial charge in [-0.25, -0.2) is 0 Å². The van der Waals surface area contributed by atoms with Gasteiger partial charge >= 0.3 is 0 Å². The molecule has 0 spiro atoms. The summed E-state index contributed by atoms with van der Waals surface area (Å²) in [7, 11) is 1.65. The van der Waals surface area contributed by atoms with Gasteiger partial charge in [0, 0.05) is 22.4 Å². The van der Waals surface area contributed by atoms with Gasteiger partial charge < -0.3 is 9.15 Å². The topological polar surface area (TPSA) is 39.4 Å². The van der Waals surface area contributed by atoms with Crippen molar-refractivity contribution in [3.63, 3.8) is 0 Å². The molecular formula is C21H24O3. The number of rotatable bonds is 3. The minimum Gasteiger partial charge on any atom is -0.497 e. The van der Waals surface area contributed by atoms with Crippen LogP contribution < -0.4 is 4.74 Å². The van der Waals surface area contributed by atoms with Gasteiger partial charge in [-0.05, 0) is 75.3 Å². The van der Waals surface area contributed by atoms with E-state index in [1.54, 1.807) is 7.11 Å². The van der Waals surface area contributed by atoms with Crippen molar-refractivity contribution in [2.75, 3.05) is 7.11 Å². The van der Waals surface area contributed by atoms with E-state index in [1.165, 1.54) is 19.3 Å². The maximum Gasteiger partial charge on any atom is 0.204 e. The van der Waals surface area contributed by atoms with Crippen LogP contribution in [0.25, 0.3) is 11.0 Å². The number of ether oxygens (including phenoxy) is 1. The monoisotopic (exact) mass is 324 g/mol. The molecule has 4 aliphatic rings. The van der Waals surface area contributed by atoms with Crippen molar-refractivity contribution in [2.45, 2.75) is 45.4 Å². The molecule has 4 fully saturated rings. The van der Waals surface area contributed by atoms with Crippen LogP contribution in [0, 0.1) is 30.1 Å². The number of furan rings is 1. The van der Waals surface area contributed by atoms with Crippen LogP contribution in [0.2, 0.25) is 0 Å². The quantitative estimate of drug-likeness (QED) is 0.733. The van der Waals surface area contributed by atoms with Gasteiger partial charge in [-0.1, -0.05) is 0 Å². The number of fused-ring (bicyclic) bond motifs is 1. The minimum absolute atomic E-state index is 0.141. The molecule has 1 aromatic heterocycles. The van der Waals surface area contributed by atoms with Gasteiger partial charge in [0.2, 0.25) is 5.78 Å². The second-order valence-corrected chi connectivity index (χ2v) is 8.45. The van der Waals surface area contributed by atoms with Gasteiger partial charge in [0.05, 0.1) is 7.11 Å². The molecule has 4 aliphatic carbocycles. The Morgan fingerprint density at radius 3 is 2.33 bits per heavy atom. The van der Waals surface area contributed by atoms with Crippen molar-refractivity contribution < 1.29 is 13.9 Å². The summed E-state index contributed by atoms with van der Waals surface area (Å²) in [6.07, 6.45) is 7.29. The summed E-state index contributed by atoms with van der Waals surface area (Å²) < 4.78 is 11.4. The number of hydrogen-bond acceptors (Lipinski definition) is 3. The molecule has 1 aromatic carbocycles. The number of carbonyl (C=O) groups is 1. The Bertz CT molecular complexity index is 794. The fraction of sp³-hybridized carbons (Fsp3) is 0.571. The molecule has 0 atom stereocenters. The lowest BCUT2D eigenvalue weighted by atomic mass is 9.48. The fourth-order valence-corrected chi connectivity index (χ4v) is 6.18. The average Bonchev–Trinajstić information content (AvgIpc) is 2.89. The Kier molecular flexibility index (Phi) is 2.96. The summed E-state index contributed by atoms with van der Waals surface area (Å²) in [5, 5.41) is 1.03. The second kappa shape index (κ2) is 4.87. The molecule has 0 unspecified atom stereocenters. The van der Waals surface area contributed by atoms with Crippen molar-refractivity contribution in [3.8, 4) is 5.75 Å². The molecule has 0 N–H and O–H groups in total. The van der Waals surface area contributed by atoms with Gasteiger partial charge in [-0.2, -0.15) is 0 Å². The van der Waals surface area contributed by atoms with E-state index in [9.17, 15) is 4.79 Å². The van der Waals surface area contributed by atoms with E-state index < -0.39 is 0 Å². The number of hydrogen-bond donors (Lipinski definition) is 0. The van der Waals surface area contributed by atoms with Gasteiger partial charge in [-0.3, -0.25) is 4.79 Å². The fourth-order valence-electron chi connectivity index (χ4n) is 6.18. The van der Waals surface area contributed by atoms with Gasteiger partial charge in [0.15, 0.2) is 5.76 Å². The Balaban J connectivity index is 1.57. The number of ketones is 1. The van der Waals surface area contributed by atoms with Crippen LogP contribution in [0.15, 0.2) is 22.6 Å². The zero-order valence-corrected chi connectivity index (χ0v) is 14.4.